The van der Waals surface area contributed by atoms with Crippen molar-refractivity contribution in [3.63, 3.8) is 0 Å². The third-order valence-electron chi connectivity index (χ3n) is 4.31. The van der Waals surface area contributed by atoms with Gasteiger partial charge in [0.2, 0.25) is 5.95 Å². The van der Waals surface area contributed by atoms with Gasteiger partial charge in [0.05, 0.1) is 11.8 Å². The highest BCUT2D eigenvalue weighted by atomic mass is 16.2. The van der Waals surface area contributed by atoms with E-state index in [2.05, 4.69) is 20.4 Å². The number of rotatable bonds is 4. The highest BCUT2D eigenvalue weighted by molar-refractivity contribution is 5.93. The van der Waals surface area contributed by atoms with Gasteiger partial charge in [-0.05, 0) is 25.8 Å². The molecule has 0 atom stereocenters. The topological polar surface area (TPSA) is 75.9 Å². The maximum Gasteiger partial charge on any atom is 0.257 e. The molecular weight excluding hydrogens is 292 g/mol. The van der Waals surface area contributed by atoms with Gasteiger partial charge in [0.15, 0.2) is 0 Å². The van der Waals surface area contributed by atoms with Crippen molar-refractivity contribution in [2.24, 2.45) is 0 Å². The molecular formula is C16H22N6O. The van der Waals surface area contributed by atoms with Crippen LogP contribution < -0.4 is 5.32 Å². The SMILES string of the molecule is CCn1cc(C(=O)N2CCC(c3ccnc(NC)n3)CC2)cn1. The van der Waals surface area contributed by atoms with E-state index < -0.39 is 0 Å². The van der Waals surface area contributed by atoms with E-state index in [9.17, 15) is 4.79 Å². The van der Waals surface area contributed by atoms with Crippen LogP contribution in [0.4, 0.5) is 5.95 Å². The Morgan fingerprint density at radius 2 is 2.17 bits per heavy atom. The maximum absolute atomic E-state index is 12.5. The monoisotopic (exact) mass is 314 g/mol. The predicted molar refractivity (Wildman–Crippen MR) is 87.4 cm³/mol. The van der Waals surface area contributed by atoms with Crippen LogP contribution in [0.25, 0.3) is 0 Å². The summed E-state index contributed by atoms with van der Waals surface area (Å²) in [5.74, 6) is 1.10. The van der Waals surface area contributed by atoms with E-state index in [4.69, 9.17) is 0 Å². The summed E-state index contributed by atoms with van der Waals surface area (Å²) in [7, 11) is 1.82. The fourth-order valence-electron chi connectivity index (χ4n) is 2.93. The summed E-state index contributed by atoms with van der Waals surface area (Å²) >= 11 is 0. The lowest BCUT2D eigenvalue weighted by molar-refractivity contribution is 0.0712. The van der Waals surface area contributed by atoms with Crippen molar-refractivity contribution in [3.05, 3.63) is 35.9 Å². The largest absolute Gasteiger partial charge is 0.357 e. The van der Waals surface area contributed by atoms with Crippen molar-refractivity contribution in [1.82, 2.24) is 24.6 Å². The van der Waals surface area contributed by atoms with Crippen LogP contribution >= 0.6 is 0 Å². The zero-order valence-corrected chi connectivity index (χ0v) is 13.6. The lowest BCUT2D eigenvalue weighted by Gasteiger charge is -2.31. The Labute approximate surface area is 135 Å². The number of anilines is 1. The molecule has 1 fully saturated rings. The number of nitrogens with one attached hydrogen (secondary N) is 1. The first kappa shape index (κ1) is 15.5. The Bertz CT molecular complexity index is 675. The molecule has 0 radical (unpaired) electrons. The average molecular weight is 314 g/mol. The molecule has 0 aliphatic carbocycles. The van der Waals surface area contributed by atoms with Crippen LogP contribution in [0.1, 0.15) is 41.7 Å². The standard InChI is InChI=1S/C16H22N6O/c1-3-22-11-13(10-19-22)15(23)21-8-5-12(6-9-21)14-4-7-18-16(17-2)20-14/h4,7,10-12H,3,5-6,8-9H2,1-2H3,(H,17,18,20). The third-order valence-corrected chi connectivity index (χ3v) is 4.31. The Morgan fingerprint density at radius 3 is 2.83 bits per heavy atom. The lowest BCUT2D eigenvalue weighted by Crippen LogP contribution is -2.38. The third kappa shape index (κ3) is 3.33. The summed E-state index contributed by atoms with van der Waals surface area (Å²) in [5, 5.41) is 7.14. The molecule has 1 aliphatic rings. The second kappa shape index (κ2) is 6.76. The molecule has 0 unspecified atom stereocenters. The molecule has 7 heteroatoms. The van der Waals surface area contributed by atoms with Crippen molar-refractivity contribution in [2.45, 2.75) is 32.2 Å². The number of nitrogens with zero attached hydrogens (tertiary/aromatic N) is 5. The van der Waals surface area contributed by atoms with Crippen molar-refractivity contribution >= 4 is 11.9 Å². The van der Waals surface area contributed by atoms with Crippen LogP contribution in [0, 0.1) is 0 Å². The van der Waals surface area contributed by atoms with Gasteiger partial charge in [-0.2, -0.15) is 5.10 Å². The highest BCUT2D eigenvalue weighted by Crippen LogP contribution is 2.27. The van der Waals surface area contributed by atoms with Crippen molar-refractivity contribution < 1.29 is 4.79 Å². The molecule has 122 valence electrons. The van der Waals surface area contributed by atoms with E-state index >= 15 is 0 Å². The summed E-state index contributed by atoms with van der Waals surface area (Å²) in [6.07, 6.45) is 7.10. The number of likely N-dealkylation sites (tertiary alicyclic amines) is 1. The van der Waals surface area contributed by atoms with E-state index in [1.165, 1.54) is 0 Å². The number of aryl methyl sites for hydroxylation is 1. The number of carbonyl (C=O) groups is 1. The van der Waals surface area contributed by atoms with Crippen LogP contribution in [0.2, 0.25) is 0 Å². The summed E-state index contributed by atoms with van der Waals surface area (Å²) in [4.78, 5) is 23.1. The summed E-state index contributed by atoms with van der Waals surface area (Å²) < 4.78 is 1.78. The first-order chi connectivity index (χ1) is 11.2. The van der Waals surface area contributed by atoms with Gasteiger partial charge in [-0.25, -0.2) is 9.97 Å². The van der Waals surface area contributed by atoms with Gasteiger partial charge in [0, 0.05) is 50.7 Å². The second-order valence-electron chi connectivity index (χ2n) is 5.71. The average Bonchev–Trinajstić information content (AvgIpc) is 3.10. The van der Waals surface area contributed by atoms with Crippen LogP contribution in [0.15, 0.2) is 24.7 Å². The minimum Gasteiger partial charge on any atom is -0.357 e. The zero-order valence-electron chi connectivity index (χ0n) is 13.6. The van der Waals surface area contributed by atoms with Crippen LogP contribution in [0.5, 0.6) is 0 Å². The Kier molecular flexibility index (Phi) is 4.55. The van der Waals surface area contributed by atoms with E-state index in [0.29, 0.717) is 17.4 Å². The van der Waals surface area contributed by atoms with Crippen LogP contribution in [-0.4, -0.2) is 50.7 Å². The first-order valence-electron chi connectivity index (χ1n) is 8.03. The molecule has 3 heterocycles. The molecule has 1 saturated heterocycles. The fraction of sp³-hybridized carbons (Fsp3) is 0.500. The molecule has 1 amide bonds. The molecule has 0 saturated carbocycles. The molecule has 23 heavy (non-hydrogen) atoms. The number of piperidine rings is 1. The predicted octanol–water partition coefficient (Wildman–Crippen LogP) is 1.75. The summed E-state index contributed by atoms with van der Waals surface area (Å²) in [6.45, 7) is 4.28. The smallest absolute Gasteiger partial charge is 0.257 e. The second-order valence-corrected chi connectivity index (χ2v) is 5.71. The van der Waals surface area contributed by atoms with Gasteiger partial charge >= 0.3 is 0 Å². The van der Waals surface area contributed by atoms with Gasteiger partial charge in [-0.3, -0.25) is 9.48 Å². The van der Waals surface area contributed by atoms with Crippen LogP contribution in [0.3, 0.4) is 0 Å². The summed E-state index contributed by atoms with van der Waals surface area (Å²) in [6, 6.07) is 1.97. The molecule has 0 bridgehead atoms. The Balaban J connectivity index is 1.62. The number of hydrogen-bond acceptors (Lipinski definition) is 5. The Hall–Kier alpha value is -2.44. The van der Waals surface area contributed by atoms with Gasteiger partial charge in [-0.1, -0.05) is 0 Å². The molecule has 2 aromatic rings. The van der Waals surface area contributed by atoms with Gasteiger partial charge in [0.1, 0.15) is 0 Å². The molecule has 2 aromatic heterocycles. The lowest BCUT2D eigenvalue weighted by atomic mass is 9.93. The van der Waals surface area contributed by atoms with Gasteiger partial charge < -0.3 is 10.2 Å². The Morgan fingerprint density at radius 1 is 1.39 bits per heavy atom. The van der Waals surface area contributed by atoms with E-state index in [1.807, 2.05) is 31.1 Å². The molecule has 0 spiro atoms. The quantitative estimate of drug-likeness (QED) is 0.930. The molecule has 7 nitrogen and oxygen atoms in total. The molecule has 0 aromatic carbocycles. The van der Waals surface area contributed by atoms with Gasteiger partial charge in [0.25, 0.3) is 5.91 Å². The minimum atomic E-state index is 0.0711. The maximum atomic E-state index is 12.5. The van der Waals surface area contributed by atoms with Crippen molar-refractivity contribution in [1.29, 1.82) is 0 Å². The highest BCUT2D eigenvalue weighted by Gasteiger charge is 2.26. The molecule has 3 rings (SSSR count). The summed E-state index contributed by atoms with van der Waals surface area (Å²) in [5.41, 5.74) is 1.72. The fourth-order valence-corrected chi connectivity index (χ4v) is 2.93. The van der Waals surface area contributed by atoms with E-state index in [1.54, 1.807) is 17.1 Å². The molecule has 1 N–H and O–H groups in total. The van der Waals surface area contributed by atoms with Crippen LogP contribution in [-0.2, 0) is 6.54 Å². The number of aromatic nitrogens is 4. The molecule has 1 aliphatic heterocycles. The number of amides is 1. The normalized spacial score (nSPS) is 15.7. The number of carbonyl (C=O) groups excluding carboxylic acids is 1. The zero-order chi connectivity index (χ0) is 16.2. The first-order valence-corrected chi connectivity index (χ1v) is 8.03. The van der Waals surface area contributed by atoms with Gasteiger partial charge in [-0.15, -0.1) is 0 Å². The minimum absolute atomic E-state index is 0.0711. The van der Waals surface area contributed by atoms with Crippen molar-refractivity contribution in [2.75, 3.05) is 25.5 Å². The van der Waals surface area contributed by atoms with Crippen molar-refractivity contribution in [3.8, 4) is 0 Å². The van der Waals surface area contributed by atoms with E-state index in [-0.39, 0.29) is 5.91 Å². The van der Waals surface area contributed by atoms with E-state index in [0.717, 1.165) is 38.2 Å². The number of hydrogen-bond donors (Lipinski definition) is 1.